The first-order valence-corrected chi connectivity index (χ1v) is 13.7. The van der Waals surface area contributed by atoms with Crippen molar-refractivity contribution in [2.75, 3.05) is 6.61 Å². The van der Waals surface area contributed by atoms with E-state index in [0.717, 1.165) is 45.1 Å². The minimum Gasteiger partial charge on any atom is -0.459 e. The molecule has 0 aromatic heterocycles. The third-order valence-corrected chi connectivity index (χ3v) is 7.68. The molecule has 8 atom stereocenters. The Morgan fingerprint density at radius 2 is 1.87 bits per heavy atom. The van der Waals surface area contributed by atoms with Crippen LogP contribution in [0.15, 0.2) is 23.8 Å². The largest absolute Gasteiger partial charge is 0.459 e. The summed E-state index contributed by atoms with van der Waals surface area (Å²) in [6, 6.07) is -0.0813. The Hall–Kier alpha value is -2.27. The van der Waals surface area contributed by atoms with Crippen molar-refractivity contribution in [2.45, 2.75) is 122 Å². The van der Waals surface area contributed by atoms with Crippen LogP contribution < -0.4 is 16.6 Å². The maximum absolute atomic E-state index is 12.3. The monoisotopic (exact) mass is 535 g/mol. The lowest BCUT2D eigenvalue weighted by molar-refractivity contribution is -0.143. The highest BCUT2D eigenvalue weighted by atomic mass is 16.6. The van der Waals surface area contributed by atoms with E-state index in [9.17, 15) is 14.4 Å². The van der Waals surface area contributed by atoms with Crippen LogP contribution in [0.2, 0.25) is 0 Å². The van der Waals surface area contributed by atoms with Gasteiger partial charge in [-0.1, -0.05) is 18.6 Å². The summed E-state index contributed by atoms with van der Waals surface area (Å²) in [6.45, 7) is 10.1. The minimum absolute atomic E-state index is 0.0606. The van der Waals surface area contributed by atoms with E-state index in [1.54, 1.807) is 13.0 Å². The zero-order valence-corrected chi connectivity index (χ0v) is 23.4. The zero-order valence-electron chi connectivity index (χ0n) is 23.4. The number of rotatable bonds is 11. The van der Waals surface area contributed by atoms with Crippen molar-refractivity contribution < 1.29 is 33.3 Å². The quantitative estimate of drug-likeness (QED) is 0.0697. The van der Waals surface area contributed by atoms with Gasteiger partial charge in [0.05, 0.1) is 49.1 Å². The van der Waals surface area contributed by atoms with Crippen molar-refractivity contribution in [3.8, 4) is 0 Å². The van der Waals surface area contributed by atoms with Gasteiger partial charge >= 0.3 is 5.97 Å². The molecular formula is C28H45N3O7. The summed E-state index contributed by atoms with van der Waals surface area (Å²) in [5, 5.41) is 3.02. The fourth-order valence-electron chi connectivity index (χ4n) is 5.45. The molecule has 0 aliphatic carbocycles. The van der Waals surface area contributed by atoms with E-state index in [1.165, 1.54) is 18.6 Å². The SMILES string of the molecule is CC(=O)OC(C)C=CC(=O)NC1CC(C)C(CC=C(C)CCC2CC3(CO3)CC(CC(=O)NN)O2)OC1C. The van der Waals surface area contributed by atoms with Gasteiger partial charge in [-0.25, -0.2) is 5.84 Å². The van der Waals surface area contributed by atoms with Crippen LogP contribution >= 0.6 is 0 Å². The Labute approximate surface area is 226 Å². The Morgan fingerprint density at radius 1 is 1.16 bits per heavy atom. The minimum atomic E-state index is -0.455. The highest BCUT2D eigenvalue weighted by Crippen LogP contribution is 2.43. The highest BCUT2D eigenvalue weighted by Gasteiger charge is 2.51. The molecular weight excluding hydrogens is 490 g/mol. The molecule has 0 aromatic carbocycles. The topological polar surface area (TPSA) is 142 Å². The molecule has 0 aromatic rings. The predicted octanol–water partition coefficient (Wildman–Crippen LogP) is 2.61. The molecule has 3 saturated heterocycles. The fourth-order valence-corrected chi connectivity index (χ4v) is 5.45. The number of nitrogens with one attached hydrogen (secondary N) is 2. The van der Waals surface area contributed by atoms with Crippen molar-refractivity contribution >= 4 is 17.8 Å². The Bertz CT molecular complexity index is 901. The second-order valence-corrected chi connectivity index (χ2v) is 11.2. The van der Waals surface area contributed by atoms with Crippen LogP contribution in [-0.2, 0) is 33.3 Å². The molecule has 3 aliphatic heterocycles. The molecule has 3 fully saturated rings. The van der Waals surface area contributed by atoms with E-state index in [0.29, 0.717) is 0 Å². The van der Waals surface area contributed by atoms with Gasteiger partial charge in [0.1, 0.15) is 6.10 Å². The smallest absolute Gasteiger partial charge is 0.303 e. The molecule has 1 spiro atoms. The summed E-state index contributed by atoms with van der Waals surface area (Å²) in [6.07, 6.45) is 9.93. The maximum Gasteiger partial charge on any atom is 0.303 e. The maximum atomic E-state index is 12.3. The van der Waals surface area contributed by atoms with Crippen LogP contribution in [0, 0.1) is 5.92 Å². The molecule has 2 amide bonds. The molecule has 10 heteroatoms. The summed E-state index contributed by atoms with van der Waals surface area (Å²) >= 11 is 0. The van der Waals surface area contributed by atoms with Crippen LogP contribution in [0.5, 0.6) is 0 Å². The zero-order chi connectivity index (χ0) is 27.9. The van der Waals surface area contributed by atoms with Crippen LogP contribution in [0.25, 0.3) is 0 Å². The van der Waals surface area contributed by atoms with Crippen LogP contribution in [0.3, 0.4) is 0 Å². The molecule has 38 heavy (non-hydrogen) atoms. The molecule has 8 unspecified atom stereocenters. The lowest BCUT2D eigenvalue weighted by Gasteiger charge is -2.39. The van der Waals surface area contributed by atoms with Crippen LogP contribution in [0.4, 0.5) is 0 Å². The highest BCUT2D eigenvalue weighted by molar-refractivity contribution is 5.87. The number of hydrogen-bond acceptors (Lipinski definition) is 8. The summed E-state index contributed by atoms with van der Waals surface area (Å²) in [7, 11) is 0. The first-order chi connectivity index (χ1) is 18.0. The van der Waals surface area contributed by atoms with Crippen molar-refractivity contribution in [3.05, 3.63) is 23.8 Å². The van der Waals surface area contributed by atoms with Gasteiger partial charge in [0.25, 0.3) is 0 Å². The average Bonchev–Trinajstić information content (AvgIpc) is 3.59. The van der Waals surface area contributed by atoms with E-state index in [-0.39, 0.29) is 66.2 Å². The number of esters is 1. The molecule has 3 rings (SSSR count). The van der Waals surface area contributed by atoms with E-state index in [4.69, 9.17) is 24.8 Å². The number of epoxide rings is 1. The Kier molecular flexibility index (Phi) is 10.9. The van der Waals surface area contributed by atoms with Crippen molar-refractivity contribution in [1.29, 1.82) is 0 Å². The first-order valence-electron chi connectivity index (χ1n) is 13.7. The van der Waals surface area contributed by atoms with Gasteiger partial charge in [0.2, 0.25) is 11.8 Å². The molecule has 214 valence electrons. The number of carbonyl (C=O) groups excluding carboxylic acids is 3. The predicted molar refractivity (Wildman–Crippen MR) is 142 cm³/mol. The van der Waals surface area contributed by atoms with Gasteiger partial charge in [-0.2, -0.15) is 0 Å². The average molecular weight is 536 g/mol. The molecule has 4 N–H and O–H groups in total. The number of nitrogens with two attached hydrogens (primary N) is 1. The Morgan fingerprint density at radius 3 is 2.53 bits per heavy atom. The van der Waals surface area contributed by atoms with Gasteiger partial charge in [-0.15, -0.1) is 0 Å². The number of amides is 2. The van der Waals surface area contributed by atoms with Gasteiger partial charge in [-0.05, 0) is 58.4 Å². The van der Waals surface area contributed by atoms with E-state index >= 15 is 0 Å². The molecule has 0 bridgehead atoms. The van der Waals surface area contributed by atoms with E-state index in [2.05, 4.69) is 30.7 Å². The van der Waals surface area contributed by atoms with Gasteiger partial charge in [-0.3, -0.25) is 19.8 Å². The van der Waals surface area contributed by atoms with Crippen molar-refractivity contribution in [1.82, 2.24) is 10.7 Å². The normalized spacial score (nSPS) is 34.1. The fraction of sp³-hybridized carbons (Fsp3) is 0.750. The molecule has 0 saturated carbocycles. The van der Waals surface area contributed by atoms with Gasteiger partial charge < -0.3 is 24.3 Å². The standard InChI is InChI=1S/C28H45N3O7/c1-17(6-9-22-14-28(16-35-28)15-23(38-22)13-27(34)31-29)7-10-25-18(2)12-24(20(4)37-25)30-26(33)11-8-19(3)36-21(5)32/h7-8,11,18-20,22-25H,6,9-10,12-16,29H2,1-5H3,(H,30,33)(H,31,34). The summed E-state index contributed by atoms with van der Waals surface area (Å²) in [5.74, 6) is 4.71. The van der Waals surface area contributed by atoms with Crippen LogP contribution in [0.1, 0.15) is 79.6 Å². The lowest BCUT2D eigenvalue weighted by atomic mass is 9.87. The second-order valence-electron chi connectivity index (χ2n) is 11.2. The number of hydrogen-bond donors (Lipinski definition) is 3. The number of carbonyl (C=O) groups is 3. The third kappa shape index (κ3) is 9.48. The number of ether oxygens (including phenoxy) is 4. The van der Waals surface area contributed by atoms with Crippen molar-refractivity contribution in [3.63, 3.8) is 0 Å². The molecule has 10 nitrogen and oxygen atoms in total. The summed E-state index contributed by atoms with van der Waals surface area (Å²) in [4.78, 5) is 35.1. The lowest BCUT2D eigenvalue weighted by Crippen LogP contribution is -2.50. The Balaban J connectivity index is 1.42. The summed E-state index contributed by atoms with van der Waals surface area (Å²) in [5.41, 5.74) is 3.35. The third-order valence-electron chi connectivity index (χ3n) is 7.68. The van der Waals surface area contributed by atoms with Crippen LogP contribution in [-0.4, -0.2) is 66.6 Å². The molecule has 3 heterocycles. The second kappa shape index (κ2) is 13.7. The molecule has 3 aliphatic rings. The summed E-state index contributed by atoms with van der Waals surface area (Å²) < 4.78 is 23.2. The van der Waals surface area contributed by atoms with E-state index < -0.39 is 6.10 Å². The van der Waals surface area contributed by atoms with Crippen molar-refractivity contribution in [2.24, 2.45) is 11.8 Å². The van der Waals surface area contributed by atoms with Gasteiger partial charge in [0, 0.05) is 25.8 Å². The van der Waals surface area contributed by atoms with E-state index in [1.807, 2.05) is 6.92 Å². The molecule has 0 radical (unpaired) electrons. The number of hydrazine groups is 1. The first kappa shape index (κ1) is 30.3. The number of allylic oxidation sites excluding steroid dienone is 1. The van der Waals surface area contributed by atoms with Gasteiger partial charge in [0.15, 0.2) is 0 Å².